The lowest BCUT2D eigenvalue weighted by atomic mass is 9.83. The predicted octanol–water partition coefficient (Wildman–Crippen LogP) is 3.27. The Morgan fingerprint density at radius 1 is 1.25 bits per heavy atom. The van der Waals surface area contributed by atoms with Crippen LogP contribution in [0.5, 0.6) is 0 Å². The first-order valence-electron chi connectivity index (χ1n) is 5.95. The molecule has 0 N–H and O–H groups in total. The molecule has 84 valence electrons. The number of nitriles is 1. The van der Waals surface area contributed by atoms with Gasteiger partial charge in [0.25, 0.3) is 0 Å². The summed E-state index contributed by atoms with van der Waals surface area (Å²) in [6, 6.07) is 9.71. The fraction of sp³-hybridized carbons (Fsp3) is 0.500. The van der Waals surface area contributed by atoms with Crippen LogP contribution in [0.3, 0.4) is 0 Å². The van der Waals surface area contributed by atoms with Crippen molar-refractivity contribution in [3.05, 3.63) is 35.4 Å². The molecule has 16 heavy (non-hydrogen) atoms. The van der Waals surface area contributed by atoms with Gasteiger partial charge in [-0.15, -0.1) is 0 Å². The third-order valence-electron chi connectivity index (χ3n) is 3.25. The molecule has 0 saturated heterocycles. The van der Waals surface area contributed by atoms with Crippen molar-refractivity contribution < 1.29 is 4.74 Å². The fourth-order valence-corrected chi connectivity index (χ4v) is 1.90. The third-order valence-corrected chi connectivity index (χ3v) is 3.25. The number of nitrogens with zero attached hydrogens (tertiary/aromatic N) is 1. The lowest BCUT2D eigenvalue weighted by Crippen LogP contribution is -2.13. The quantitative estimate of drug-likeness (QED) is 0.706. The average molecular weight is 215 g/mol. The molecule has 0 spiro atoms. The molecule has 0 bridgehead atoms. The molecular weight excluding hydrogens is 198 g/mol. The van der Waals surface area contributed by atoms with Crippen LogP contribution in [0.15, 0.2) is 24.3 Å². The third kappa shape index (κ3) is 3.08. The highest BCUT2D eigenvalue weighted by molar-refractivity contribution is 5.31. The van der Waals surface area contributed by atoms with Crippen LogP contribution in [0.4, 0.5) is 0 Å². The van der Waals surface area contributed by atoms with Gasteiger partial charge in [-0.3, -0.25) is 0 Å². The monoisotopic (exact) mass is 215 g/mol. The van der Waals surface area contributed by atoms with Crippen molar-refractivity contribution in [3.63, 3.8) is 0 Å². The van der Waals surface area contributed by atoms with Crippen molar-refractivity contribution in [1.82, 2.24) is 0 Å². The second-order valence-corrected chi connectivity index (χ2v) is 4.45. The summed E-state index contributed by atoms with van der Waals surface area (Å²) in [5, 5.41) is 8.66. The Hall–Kier alpha value is -1.33. The first kappa shape index (κ1) is 11.2. The maximum Gasteiger partial charge on any atom is 0.0991 e. The van der Waals surface area contributed by atoms with Gasteiger partial charge in [-0.25, -0.2) is 0 Å². The van der Waals surface area contributed by atoms with E-state index in [0.29, 0.717) is 12.2 Å². The molecule has 0 atom stereocenters. The number of hydrogen-bond donors (Lipinski definition) is 0. The average Bonchev–Trinajstić information content (AvgIpc) is 2.27. The molecule has 0 heterocycles. The van der Waals surface area contributed by atoms with Crippen LogP contribution in [0, 0.1) is 17.2 Å². The molecule has 0 aliphatic heterocycles. The van der Waals surface area contributed by atoms with Crippen LogP contribution in [-0.2, 0) is 11.3 Å². The zero-order valence-corrected chi connectivity index (χ0v) is 9.48. The number of benzene rings is 1. The van der Waals surface area contributed by atoms with E-state index < -0.39 is 0 Å². The Bertz CT molecular complexity index is 359. The van der Waals surface area contributed by atoms with E-state index in [1.165, 1.54) is 25.7 Å². The van der Waals surface area contributed by atoms with E-state index in [-0.39, 0.29) is 0 Å². The summed E-state index contributed by atoms with van der Waals surface area (Å²) in [7, 11) is 0. The van der Waals surface area contributed by atoms with E-state index in [1.54, 1.807) is 0 Å². The second kappa shape index (κ2) is 5.67. The number of hydrogen-bond acceptors (Lipinski definition) is 2. The van der Waals surface area contributed by atoms with Gasteiger partial charge in [0.15, 0.2) is 0 Å². The van der Waals surface area contributed by atoms with Crippen molar-refractivity contribution >= 4 is 0 Å². The summed E-state index contributed by atoms with van der Waals surface area (Å²) >= 11 is 0. The van der Waals surface area contributed by atoms with Crippen molar-refractivity contribution in [3.8, 4) is 6.07 Å². The van der Waals surface area contributed by atoms with Crippen molar-refractivity contribution in [2.45, 2.75) is 32.3 Å². The Morgan fingerprint density at radius 3 is 2.56 bits per heavy atom. The maximum absolute atomic E-state index is 8.66. The maximum atomic E-state index is 8.66. The zero-order valence-electron chi connectivity index (χ0n) is 9.48. The Kier molecular flexibility index (Phi) is 3.96. The minimum Gasteiger partial charge on any atom is -0.377 e. The van der Waals surface area contributed by atoms with Gasteiger partial charge < -0.3 is 4.74 Å². The van der Waals surface area contributed by atoms with Crippen LogP contribution in [0.1, 0.15) is 36.8 Å². The summed E-state index contributed by atoms with van der Waals surface area (Å²) in [6.45, 7) is 1.53. The van der Waals surface area contributed by atoms with Crippen molar-refractivity contribution in [2.24, 2.45) is 5.92 Å². The molecule has 1 aliphatic carbocycles. The van der Waals surface area contributed by atoms with E-state index in [2.05, 4.69) is 6.07 Å². The summed E-state index contributed by atoms with van der Waals surface area (Å²) in [6.07, 6.45) is 5.39. The van der Waals surface area contributed by atoms with Gasteiger partial charge in [0, 0.05) is 6.61 Å². The summed E-state index contributed by atoms with van der Waals surface area (Å²) in [4.78, 5) is 0. The first-order valence-corrected chi connectivity index (χ1v) is 5.95. The first-order chi connectivity index (χ1) is 7.88. The molecule has 1 aromatic carbocycles. The normalized spacial score (nSPS) is 15.4. The van der Waals surface area contributed by atoms with Gasteiger partial charge in [-0.05, 0) is 30.0 Å². The molecule has 2 nitrogen and oxygen atoms in total. The lowest BCUT2D eigenvalue weighted by Gasteiger charge is -2.24. The van der Waals surface area contributed by atoms with Crippen LogP contribution in [-0.4, -0.2) is 6.61 Å². The largest absolute Gasteiger partial charge is 0.377 e. The van der Waals surface area contributed by atoms with Crippen molar-refractivity contribution in [2.75, 3.05) is 6.61 Å². The van der Waals surface area contributed by atoms with E-state index >= 15 is 0 Å². The van der Waals surface area contributed by atoms with Crippen LogP contribution < -0.4 is 0 Å². The topological polar surface area (TPSA) is 33.0 Å². The Morgan fingerprint density at radius 2 is 2.00 bits per heavy atom. The standard InChI is InChI=1S/C14H17NO/c15-10-13-4-6-14(7-5-13)11-16-9-8-12-2-1-3-12/h4-7,12H,1-3,8-9,11H2. The zero-order chi connectivity index (χ0) is 11.2. The van der Waals surface area contributed by atoms with Crippen LogP contribution in [0.25, 0.3) is 0 Å². The van der Waals surface area contributed by atoms with Gasteiger partial charge in [0.2, 0.25) is 0 Å². The van der Waals surface area contributed by atoms with E-state index in [0.717, 1.165) is 18.1 Å². The molecule has 0 amide bonds. The second-order valence-electron chi connectivity index (χ2n) is 4.45. The van der Waals surface area contributed by atoms with Gasteiger partial charge in [0.05, 0.1) is 18.2 Å². The van der Waals surface area contributed by atoms with E-state index in [4.69, 9.17) is 10.00 Å². The highest BCUT2D eigenvalue weighted by atomic mass is 16.5. The van der Waals surface area contributed by atoms with Gasteiger partial charge in [0.1, 0.15) is 0 Å². The molecule has 2 rings (SSSR count). The SMILES string of the molecule is N#Cc1ccc(COCCC2CCC2)cc1. The molecular formula is C14H17NO. The molecule has 0 radical (unpaired) electrons. The van der Waals surface area contributed by atoms with Crippen LogP contribution >= 0.6 is 0 Å². The Balaban J connectivity index is 1.66. The summed E-state index contributed by atoms with van der Waals surface area (Å²) in [5.74, 6) is 0.918. The minimum atomic E-state index is 0.665. The molecule has 0 aromatic heterocycles. The highest BCUT2D eigenvalue weighted by Gasteiger charge is 2.16. The summed E-state index contributed by atoms with van der Waals surface area (Å²) < 4.78 is 5.62. The number of rotatable bonds is 5. The van der Waals surface area contributed by atoms with E-state index in [9.17, 15) is 0 Å². The molecule has 1 saturated carbocycles. The van der Waals surface area contributed by atoms with Gasteiger partial charge in [-0.2, -0.15) is 5.26 Å². The van der Waals surface area contributed by atoms with E-state index in [1.807, 2.05) is 24.3 Å². The van der Waals surface area contributed by atoms with Gasteiger partial charge in [-0.1, -0.05) is 31.4 Å². The smallest absolute Gasteiger partial charge is 0.0991 e. The van der Waals surface area contributed by atoms with Crippen LogP contribution in [0.2, 0.25) is 0 Å². The highest BCUT2D eigenvalue weighted by Crippen LogP contribution is 2.29. The lowest BCUT2D eigenvalue weighted by molar-refractivity contribution is 0.0950. The molecule has 1 fully saturated rings. The molecule has 2 heteroatoms. The summed E-state index contributed by atoms with van der Waals surface area (Å²) in [5.41, 5.74) is 1.85. The predicted molar refractivity (Wildman–Crippen MR) is 62.8 cm³/mol. The molecule has 0 unspecified atom stereocenters. The van der Waals surface area contributed by atoms with Crippen molar-refractivity contribution in [1.29, 1.82) is 5.26 Å². The molecule has 1 aliphatic rings. The number of ether oxygens (including phenoxy) is 1. The molecule has 1 aromatic rings. The van der Waals surface area contributed by atoms with Gasteiger partial charge >= 0.3 is 0 Å². The fourth-order valence-electron chi connectivity index (χ4n) is 1.90. The minimum absolute atomic E-state index is 0.665. The Labute approximate surface area is 96.9 Å².